The summed E-state index contributed by atoms with van der Waals surface area (Å²) in [4.78, 5) is 11.9. The lowest BCUT2D eigenvalue weighted by Crippen LogP contribution is -2.21. The molecule has 2 N–H and O–H groups in total. The Morgan fingerprint density at radius 3 is 2.23 bits per heavy atom. The zero-order valence-corrected chi connectivity index (χ0v) is 12.1. The van der Waals surface area contributed by atoms with Crippen molar-refractivity contribution in [3.63, 3.8) is 0 Å². The van der Waals surface area contributed by atoms with Crippen molar-refractivity contribution in [1.82, 2.24) is 0 Å². The highest BCUT2D eigenvalue weighted by Crippen LogP contribution is 2.24. The van der Waals surface area contributed by atoms with Crippen LogP contribution in [0.4, 0.5) is 29.3 Å². The Labute approximate surface area is 126 Å². The highest BCUT2D eigenvalue weighted by atomic mass is 19.2. The Kier molecular flexibility index (Phi) is 4.70. The number of carbonyl (C=O) groups is 1. The number of urea groups is 1. The predicted molar refractivity (Wildman–Crippen MR) is 79.5 cm³/mol. The predicted octanol–water partition coefficient (Wildman–Crippen LogP) is 4.87. The van der Waals surface area contributed by atoms with Crippen LogP contribution >= 0.6 is 0 Å². The summed E-state index contributed by atoms with van der Waals surface area (Å²) in [6, 6.07) is 8.12. The average Bonchev–Trinajstić information content (AvgIpc) is 2.48. The van der Waals surface area contributed by atoms with Crippen LogP contribution < -0.4 is 10.6 Å². The van der Waals surface area contributed by atoms with E-state index >= 15 is 0 Å². The number of rotatable bonds is 3. The highest BCUT2D eigenvalue weighted by Gasteiger charge is 2.16. The van der Waals surface area contributed by atoms with E-state index in [1.165, 1.54) is 0 Å². The number of hydrogen-bond acceptors (Lipinski definition) is 1. The molecule has 0 aliphatic rings. The van der Waals surface area contributed by atoms with Crippen LogP contribution in [-0.2, 0) is 0 Å². The zero-order valence-electron chi connectivity index (χ0n) is 12.1. The fourth-order valence-electron chi connectivity index (χ4n) is 2.01. The summed E-state index contributed by atoms with van der Waals surface area (Å²) < 4.78 is 39.5. The minimum atomic E-state index is -1.62. The van der Waals surface area contributed by atoms with Gasteiger partial charge < -0.3 is 10.6 Å². The Morgan fingerprint density at radius 1 is 0.909 bits per heavy atom. The van der Waals surface area contributed by atoms with E-state index < -0.39 is 29.2 Å². The SMILES string of the molecule is CC(C)c1ccccc1NC(=O)Nc1ccc(F)c(F)c1F. The number of nitrogens with one attached hydrogen (secondary N) is 2. The molecular formula is C16H15F3N2O. The summed E-state index contributed by atoms with van der Waals surface area (Å²) in [6.07, 6.45) is 0. The molecule has 0 spiro atoms. The fourth-order valence-corrected chi connectivity index (χ4v) is 2.01. The standard InChI is InChI=1S/C16H15F3N2O/c1-9(2)10-5-3-4-6-12(10)20-16(22)21-13-8-7-11(17)14(18)15(13)19/h3-9H,1-2H3,(H2,20,21,22). The first-order valence-electron chi connectivity index (χ1n) is 6.70. The third-order valence-electron chi connectivity index (χ3n) is 3.11. The fraction of sp³-hybridized carbons (Fsp3) is 0.188. The maximum Gasteiger partial charge on any atom is 0.323 e. The van der Waals surface area contributed by atoms with E-state index in [0.717, 1.165) is 17.7 Å². The van der Waals surface area contributed by atoms with Crippen molar-refractivity contribution >= 4 is 17.4 Å². The number of benzene rings is 2. The molecule has 0 unspecified atom stereocenters. The van der Waals surface area contributed by atoms with Gasteiger partial charge in [-0.15, -0.1) is 0 Å². The number of amides is 2. The van der Waals surface area contributed by atoms with Crippen molar-refractivity contribution in [2.75, 3.05) is 10.6 Å². The first-order chi connectivity index (χ1) is 10.4. The Bertz CT molecular complexity index is 702. The molecule has 0 saturated carbocycles. The summed E-state index contributed by atoms with van der Waals surface area (Å²) in [5.41, 5.74) is 1.04. The molecule has 0 atom stereocenters. The van der Waals surface area contributed by atoms with Gasteiger partial charge in [-0.3, -0.25) is 0 Å². The number of halogens is 3. The van der Waals surface area contributed by atoms with Crippen molar-refractivity contribution < 1.29 is 18.0 Å². The van der Waals surface area contributed by atoms with Crippen LogP contribution in [0.25, 0.3) is 0 Å². The van der Waals surface area contributed by atoms with Crippen LogP contribution in [0.3, 0.4) is 0 Å². The van der Waals surface area contributed by atoms with Gasteiger partial charge in [-0.2, -0.15) is 0 Å². The summed E-state index contributed by atoms with van der Waals surface area (Å²) in [7, 11) is 0. The van der Waals surface area contributed by atoms with Gasteiger partial charge in [0.1, 0.15) is 0 Å². The molecule has 0 fully saturated rings. The molecule has 0 radical (unpaired) electrons. The summed E-state index contributed by atoms with van der Waals surface area (Å²) in [5, 5.41) is 4.73. The van der Waals surface area contributed by atoms with Gasteiger partial charge in [-0.1, -0.05) is 32.0 Å². The normalized spacial score (nSPS) is 10.6. The van der Waals surface area contributed by atoms with E-state index in [9.17, 15) is 18.0 Å². The van der Waals surface area contributed by atoms with Gasteiger partial charge in [0.2, 0.25) is 0 Å². The average molecular weight is 308 g/mol. The minimum absolute atomic E-state index is 0.177. The first-order valence-corrected chi connectivity index (χ1v) is 6.70. The van der Waals surface area contributed by atoms with Crippen molar-refractivity contribution in [2.45, 2.75) is 19.8 Å². The summed E-state index contributed by atoms with van der Waals surface area (Å²) in [6.45, 7) is 3.93. The smallest absolute Gasteiger partial charge is 0.307 e. The topological polar surface area (TPSA) is 41.1 Å². The van der Waals surface area contributed by atoms with E-state index in [-0.39, 0.29) is 5.92 Å². The van der Waals surface area contributed by atoms with Crippen LogP contribution in [-0.4, -0.2) is 6.03 Å². The molecule has 116 valence electrons. The monoisotopic (exact) mass is 308 g/mol. The lowest BCUT2D eigenvalue weighted by Gasteiger charge is -2.14. The van der Waals surface area contributed by atoms with Gasteiger partial charge in [-0.05, 0) is 29.7 Å². The maximum atomic E-state index is 13.5. The van der Waals surface area contributed by atoms with Crippen LogP contribution in [0.15, 0.2) is 36.4 Å². The summed E-state index contributed by atoms with van der Waals surface area (Å²) in [5.74, 6) is -4.20. The molecule has 0 aliphatic carbocycles. The zero-order chi connectivity index (χ0) is 16.3. The Hall–Kier alpha value is -2.50. The molecule has 22 heavy (non-hydrogen) atoms. The van der Waals surface area contributed by atoms with Crippen molar-refractivity contribution in [3.05, 3.63) is 59.4 Å². The Morgan fingerprint density at radius 2 is 1.55 bits per heavy atom. The third kappa shape index (κ3) is 3.39. The number of anilines is 2. The lowest BCUT2D eigenvalue weighted by molar-refractivity contribution is 0.262. The van der Waals surface area contributed by atoms with Crippen LogP contribution in [0.1, 0.15) is 25.3 Å². The number of para-hydroxylation sites is 1. The molecule has 0 heterocycles. The van der Waals surface area contributed by atoms with Crippen LogP contribution in [0, 0.1) is 17.5 Å². The maximum absolute atomic E-state index is 13.5. The van der Waals surface area contributed by atoms with Crippen LogP contribution in [0.5, 0.6) is 0 Å². The third-order valence-corrected chi connectivity index (χ3v) is 3.11. The van der Waals surface area contributed by atoms with Gasteiger partial charge >= 0.3 is 6.03 Å². The first kappa shape index (κ1) is 15.9. The summed E-state index contributed by atoms with van der Waals surface area (Å²) >= 11 is 0. The molecule has 3 nitrogen and oxygen atoms in total. The number of carbonyl (C=O) groups excluding carboxylic acids is 1. The van der Waals surface area contributed by atoms with Crippen molar-refractivity contribution in [2.24, 2.45) is 0 Å². The molecule has 2 amide bonds. The number of hydrogen-bond donors (Lipinski definition) is 2. The second-order valence-corrected chi connectivity index (χ2v) is 5.04. The minimum Gasteiger partial charge on any atom is -0.307 e. The molecule has 0 aromatic heterocycles. The van der Waals surface area contributed by atoms with Crippen LogP contribution in [0.2, 0.25) is 0 Å². The Balaban J connectivity index is 2.16. The van der Waals surface area contributed by atoms with Gasteiger partial charge in [0.25, 0.3) is 0 Å². The quantitative estimate of drug-likeness (QED) is 0.780. The molecule has 2 rings (SSSR count). The van der Waals surface area contributed by atoms with E-state index in [2.05, 4.69) is 10.6 Å². The second kappa shape index (κ2) is 6.51. The molecular weight excluding hydrogens is 293 g/mol. The van der Waals surface area contributed by atoms with E-state index in [1.807, 2.05) is 26.0 Å². The van der Waals surface area contributed by atoms with E-state index in [4.69, 9.17) is 0 Å². The van der Waals surface area contributed by atoms with Gasteiger partial charge in [-0.25, -0.2) is 18.0 Å². The second-order valence-electron chi connectivity index (χ2n) is 5.04. The van der Waals surface area contributed by atoms with E-state index in [1.54, 1.807) is 12.1 Å². The molecule has 0 bridgehead atoms. The highest BCUT2D eigenvalue weighted by molar-refractivity contribution is 6.00. The van der Waals surface area contributed by atoms with E-state index in [0.29, 0.717) is 5.69 Å². The molecule has 2 aromatic rings. The molecule has 2 aromatic carbocycles. The molecule has 0 aliphatic heterocycles. The molecule has 6 heteroatoms. The van der Waals surface area contributed by atoms with Crippen molar-refractivity contribution in [1.29, 1.82) is 0 Å². The van der Waals surface area contributed by atoms with Crippen molar-refractivity contribution in [3.8, 4) is 0 Å². The lowest BCUT2D eigenvalue weighted by atomic mass is 10.0. The van der Waals surface area contributed by atoms with Gasteiger partial charge in [0, 0.05) is 5.69 Å². The largest absolute Gasteiger partial charge is 0.323 e. The van der Waals surface area contributed by atoms with Gasteiger partial charge in [0.05, 0.1) is 5.69 Å². The van der Waals surface area contributed by atoms with Gasteiger partial charge in [0.15, 0.2) is 17.5 Å². The molecule has 0 saturated heterocycles.